The van der Waals surface area contributed by atoms with E-state index in [0.29, 0.717) is 6.04 Å². The van der Waals surface area contributed by atoms with E-state index in [2.05, 4.69) is 22.4 Å². The van der Waals surface area contributed by atoms with Crippen LogP contribution in [0.15, 0.2) is 30.5 Å². The third-order valence-corrected chi connectivity index (χ3v) is 4.58. The molecule has 0 spiro atoms. The molecule has 1 aromatic heterocycles. The quantitative estimate of drug-likeness (QED) is 0.928. The van der Waals surface area contributed by atoms with Gasteiger partial charge in [-0.1, -0.05) is 0 Å². The lowest BCUT2D eigenvalue weighted by molar-refractivity contribution is 0.415. The monoisotopic (exact) mass is 274 g/mol. The smallest absolute Gasteiger partial charge is 0.134 e. The summed E-state index contributed by atoms with van der Waals surface area (Å²) in [5, 5.41) is 5.93. The number of nitrogens with one attached hydrogen (secondary N) is 1. The molecule has 2 aromatic rings. The first-order valence-corrected chi connectivity index (χ1v) is 7.79. The van der Waals surface area contributed by atoms with Crippen molar-refractivity contribution in [1.29, 1.82) is 0 Å². The molecule has 0 amide bonds. The van der Waals surface area contributed by atoms with Gasteiger partial charge in [-0.2, -0.15) is 11.8 Å². The third kappa shape index (κ3) is 2.78. The number of anilines is 1. The maximum absolute atomic E-state index is 5.27. The first kappa shape index (κ1) is 12.6. The van der Waals surface area contributed by atoms with Gasteiger partial charge in [-0.15, -0.1) is 0 Å². The Kier molecular flexibility index (Phi) is 3.78. The van der Waals surface area contributed by atoms with Crippen molar-refractivity contribution >= 4 is 28.4 Å². The fraction of sp³-hybridized carbons (Fsp3) is 0.400. The molecular formula is C15H18N2OS. The summed E-state index contributed by atoms with van der Waals surface area (Å²) in [5.74, 6) is 4.38. The Balaban J connectivity index is 1.90. The van der Waals surface area contributed by atoms with E-state index in [0.717, 1.165) is 11.6 Å². The standard InChI is InChI=1S/C15H18N2OS/c1-18-13-2-3-14-11(10-13)4-7-16-15(14)17-12-5-8-19-9-6-12/h2-4,7,10,12H,5-6,8-9H2,1H3,(H,16,17). The molecule has 0 aliphatic carbocycles. The molecule has 1 aliphatic rings. The Morgan fingerprint density at radius 3 is 2.89 bits per heavy atom. The summed E-state index contributed by atoms with van der Waals surface area (Å²) >= 11 is 2.04. The number of benzene rings is 1. The number of hydrogen-bond acceptors (Lipinski definition) is 4. The molecule has 0 saturated carbocycles. The lowest BCUT2D eigenvalue weighted by Crippen LogP contribution is -2.25. The number of ether oxygens (including phenoxy) is 1. The van der Waals surface area contributed by atoms with E-state index in [1.165, 1.54) is 35.1 Å². The second-order valence-corrected chi connectivity index (χ2v) is 6.00. The van der Waals surface area contributed by atoms with Crippen molar-refractivity contribution in [2.45, 2.75) is 18.9 Å². The maximum atomic E-state index is 5.27. The number of aromatic nitrogens is 1. The summed E-state index contributed by atoms with van der Waals surface area (Å²) in [4.78, 5) is 4.50. The topological polar surface area (TPSA) is 34.1 Å². The molecule has 3 nitrogen and oxygen atoms in total. The van der Waals surface area contributed by atoms with Gasteiger partial charge < -0.3 is 10.1 Å². The van der Waals surface area contributed by atoms with Gasteiger partial charge in [0.1, 0.15) is 11.6 Å². The first-order valence-electron chi connectivity index (χ1n) is 6.64. The maximum Gasteiger partial charge on any atom is 0.134 e. The molecule has 1 saturated heterocycles. The van der Waals surface area contributed by atoms with Crippen LogP contribution in [0.3, 0.4) is 0 Å². The van der Waals surface area contributed by atoms with E-state index in [-0.39, 0.29) is 0 Å². The highest BCUT2D eigenvalue weighted by Gasteiger charge is 2.14. The SMILES string of the molecule is COc1ccc2c(NC3CCSCC3)nccc2c1. The highest BCUT2D eigenvalue weighted by atomic mass is 32.2. The number of nitrogens with zero attached hydrogens (tertiary/aromatic N) is 1. The molecule has 19 heavy (non-hydrogen) atoms. The largest absolute Gasteiger partial charge is 0.497 e. The van der Waals surface area contributed by atoms with Crippen LogP contribution in [0.2, 0.25) is 0 Å². The summed E-state index contributed by atoms with van der Waals surface area (Å²) in [5.41, 5.74) is 0. The van der Waals surface area contributed by atoms with Gasteiger partial charge in [0.05, 0.1) is 7.11 Å². The first-order chi connectivity index (χ1) is 9.36. The Morgan fingerprint density at radius 1 is 1.26 bits per heavy atom. The van der Waals surface area contributed by atoms with Gasteiger partial charge >= 0.3 is 0 Å². The van der Waals surface area contributed by atoms with Crippen molar-refractivity contribution < 1.29 is 4.74 Å². The molecule has 1 fully saturated rings. The van der Waals surface area contributed by atoms with E-state index in [4.69, 9.17) is 4.74 Å². The highest BCUT2D eigenvalue weighted by Crippen LogP contribution is 2.27. The Morgan fingerprint density at radius 2 is 2.11 bits per heavy atom. The summed E-state index contributed by atoms with van der Waals surface area (Å²) in [6.07, 6.45) is 4.31. The van der Waals surface area contributed by atoms with Crippen LogP contribution in [0.25, 0.3) is 10.8 Å². The van der Waals surface area contributed by atoms with Crippen LogP contribution < -0.4 is 10.1 Å². The fourth-order valence-corrected chi connectivity index (χ4v) is 3.54. The number of fused-ring (bicyclic) bond motifs is 1. The molecule has 1 N–H and O–H groups in total. The van der Waals surface area contributed by atoms with Crippen molar-refractivity contribution in [2.24, 2.45) is 0 Å². The van der Waals surface area contributed by atoms with Crippen LogP contribution in [0.1, 0.15) is 12.8 Å². The number of methoxy groups -OCH3 is 1. The Hall–Kier alpha value is -1.42. The van der Waals surface area contributed by atoms with Crippen molar-refractivity contribution in [1.82, 2.24) is 4.98 Å². The predicted molar refractivity (Wildman–Crippen MR) is 82.3 cm³/mol. The van der Waals surface area contributed by atoms with Crippen LogP contribution in [0, 0.1) is 0 Å². The zero-order chi connectivity index (χ0) is 13.1. The van der Waals surface area contributed by atoms with Gasteiger partial charge in [0, 0.05) is 17.6 Å². The average molecular weight is 274 g/mol. The molecule has 4 heteroatoms. The highest BCUT2D eigenvalue weighted by molar-refractivity contribution is 7.99. The van der Waals surface area contributed by atoms with Crippen molar-refractivity contribution in [3.63, 3.8) is 0 Å². The number of thioether (sulfide) groups is 1. The lowest BCUT2D eigenvalue weighted by Gasteiger charge is -2.23. The van der Waals surface area contributed by atoms with Crippen LogP contribution in [-0.2, 0) is 0 Å². The van der Waals surface area contributed by atoms with E-state index in [1.54, 1.807) is 7.11 Å². The van der Waals surface area contributed by atoms with E-state index >= 15 is 0 Å². The van der Waals surface area contributed by atoms with Crippen LogP contribution in [0.4, 0.5) is 5.82 Å². The summed E-state index contributed by atoms with van der Waals surface area (Å²) < 4.78 is 5.27. The second kappa shape index (κ2) is 5.70. The molecule has 0 bridgehead atoms. The van der Waals surface area contributed by atoms with E-state index in [9.17, 15) is 0 Å². The number of pyridine rings is 1. The molecule has 3 rings (SSSR count). The second-order valence-electron chi connectivity index (χ2n) is 4.78. The van der Waals surface area contributed by atoms with Gasteiger partial charge in [0.2, 0.25) is 0 Å². The number of hydrogen-bond donors (Lipinski definition) is 1. The molecule has 0 unspecified atom stereocenters. The normalized spacial score (nSPS) is 16.5. The molecule has 1 aliphatic heterocycles. The molecular weight excluding hydrogens is 256 g/mol. The van der Waals surface area contributed by atoms with Crippen LogP contribution in [-0.4, -0.2) is 29.6 Å². The summed E-state index contributed by atoms with van der Waals surface area (Å²) in [6.45, 7) is 0. The summed E-state index contributed by atoms with van der Waals surface area (Å²) in [7, 11) is 1.70. The lowest BCUT2D eigenvalue weighted by atomic mass is 10.1. The van der Waals surface area contributed by atoms with E-state index in [1.807, 2.05) is 30.1 Å². The minimum Gasteiger partial charge on any atom is -0.497 e. The van der Waals surface area contributed by atoms with Gasteiger partial charge in [-0.3, -0.25) is 0 Å². The molecule has 0 radical (unpaired) electrons. The fourth-order valence-electron chi connectivity index (χ4n) is 2.43. The number of rotatable bonds is 3. The van der Waals surface area contributed by atoms with Crippen molar-refractivity contribution in [3.05, 3.63) is 30.5 Å². The van der Waals surface area contributed by atoms with Crippen molar-refractivity contribution in [3.8, 4) is 5.75 Å². The zero-order valence-corrected chi connectivity index (χ0v) is 11.9. The van der Waals surface area contributed by atoms with Crippen LogP contribution in [0.5, 0.6) is 5.75 Å². The average Bonchev–Trinajstić information content (AvgIpc) is 2.48. The molecule has 1 aromatic carbocycles. The predicted octanol–water partition coefficient (Wildman–Crippen LogP) is 3.55. The summed E-state index contributed by atoms with van der Waals surface area (Å²) in [6, 6.07) is 8.72. The van der Waals surface area contributed by atoms with Gasteiger partial charge in [0.25, 0.3) is 0 Å². The minimum absolute atomic E-state index is 0.557. The van der Waals surface area contributed by atoms with Gasteiger partial charge in [0.15, 0.2) is 0 Å². The van der Waals surface area contributed by atoms with Gasteiger partial charge in [-0.25, -0.2) is 4.98 Å². The Labute approximate surface area is 117 Å². The van der Waals surface area contributed by atoms with Gasteiger partial charge in [-0.05, 0) is 54.0 Å². The molecule has 100 valence electrons. The zero-order valence-electron chi connectivity index (χ0n) is 11.1. The molecule has 2 heterocycles. The molecule has 0 atom stereocenters. The van der Waals surface area contributed by atoms with E-state index < -0.39 is 0 Å². The van der Waals surface area contributed by atoms with Crippen molar-refractivity contribution in [2.75, 3.05) is 23.9 Å². The third-order valence-electron chi connectivity index (χ3n) is 3.53. The van der Waals surface area contributed by atoms with Crippen LogP contribution >= 0.6 is 11.8 Å². The minimum atomic E-state index is 0.557. The Bertz CT molecular complexity index is 567.